The van der Waals surface area contributed by atoms with Gasteiger partial charge in [-0.15, -0.1) is 0 Å². The summed E-state index contributed by atoms with van der Waals surface area (Å²) in [5.74, 6) is 0. The Kier molecular flexibility index (Phi) is 7.04. The summed E-state index contributed by atoms with van der Waals surface area (Å²) < 4.78 is 14.3. The quantitative estimate of drug-likeness (QED) is 0.356. The standard InChI is InChI=1S/C25H30N2O5SSi/c1-25(2,3)34(17-10-6-4-7-11-17,18-12-8-5-9-13-18)31-16-19-21(28)22(29)23(32-19)27-15-14-20(33)26-24(27)30/h4-15,19,21-23,28-29H,16H2,1-3H3,(H,26,30,33)/t19-,21?,22?,23-/m0/s1. The second-order valence-corrected chi connectivity index (χ2v) is 14.3. The fraction of sp³-hybridized carbons (Fsp3) is 0.360. The number of hydrogen-bond acceptors (Lipinski definition) is 6. The molecule has 9 heteroatoms. The Morgan fingerprint density at radius 1 is 1.00 bits per heavy atom. The molecule has 0 bridgehead atoms. The zero-order valence-electron chi connectivity index (χ0n) is 19.4. The number of rotatable bonds is 6. The van der Waals surface area contributed by atoms with Crippen LogP contribution in [-0.4, -0.2) is 53.0 Å². The van der Waals surface area contributed by atoms with Crippen LogP contribution < -0.4 is 16.1 Å². The summed E-state index contributed by atoms with van der Waals surface area (Å²) in [5, 5.41) is 23.4. The van der Waals surface area contributed by atoms with E-state index >= 15 is 0 Å². The van der Waals surface area contributed by atoms with Crippen LogP contribution in [-0.2, 0) is 9.16 Å². The molecule has 34 heavy (non-hydrogen) atoms. The first-order valence-corrected chi connectivity index (χ1v) is 13.5. The predicted octanol–water partition coefficient (Wildman–Crippen LogP) is 2.10. The summed E-state index contributed by atoms with van der Waals surface area (Å²) in [4.78, 5) is 14.9. The van der Waals surface area contributed by atoms with Gasteiger partial charge in [0.2, 0.25) is 0 Å². The molecule has 0 saturated carbocycles. The van der Waals surface area contributed by atoms with E-state index in [0.717, 1.165) is 10.4 Å². The summed E-state index contributed by atoms with van der Waals surface area (Å²) in [6.07, 6.45) is -2.94. The third-order valence-corrected chi connectivity index (χ3v) is 11.6. The molecule has 0 aliphatic carbocycles. The first kappa shape index (κ1) is 24.7. The van der Waals surface area contributed by atoms with Gasteiger partial charge in [-0.25, -0.2) is 4.79 Å². The molecule has 2 heterocycles. The van der Waals surface area contributed by atoms with Gasteiger partial charge in [-0.2, -0.15) is 0 Å². The van der Waals surface area contributed by atoms with Crippen molar-refractivity contribution in [1.82, 2.24) is 9.55 Å². The highest BCUT2D eigenvalue weighted by Crippen LogP contribution is 2.38. The molecule has 2 aromatic carbocycles. The molecule has 0 spiro atoms. The first-order chi connectivity index (χ1) is 16.1. The predicted molar refractivity (Wildman–Crippen MR) is 135 cm³/mol. The van der Waals surface area contributed by atoms with Crippen LogP contribution in [0.2, 0.25) is 5.04 Å². The smallest absolute Gasteiger partial charge is 0.328 e. The average molecular weight is 499 g/mol. The Morgan fingerprint density at radius 3 is 2.06 bits per heavy atom. The number of benzene rings is 2. The van der Waals surface area contributed by atoms with E-state index in [1.165, 1.54) is 16.8 Å². The summed E-state index contributed by atoms with van der Waals surface area (Å²) >= 11 is 4.98. The SMILES string of the molecule is CC(C)(C)[Si](OC[C@@H]1O[C@H](n2ccc(=S)[nH]c2=O)C(O)C1O)(c1ccccc1)c1ccccc1. The zero-order chi connectivity index (χ0) is 24.5. The summed E-state index contributed by atoms with van der Waals surface area (Å²) in [6.45, 7) is 6.54. The summed E-state index contributed by atoms with van der Waals surface area (Å²) in [7, 11) is -2.85. The largest absolute Gasteiger partial charge is 0.405 e. The first-order valence-electron chi connectivity index (χ1n) is 11.2. The molecule has 3 N–H and O–H groups in total. The van der Waals surface area contributed by atoms with Crippen LogP contribution in [0.1, 0.15) is 27.0 Å². The molecule has 7 nitrogen and oxygen atoms in total. The molecule has 180 valence electrons. The second-order valence-electron chi connectivity index (χ2n) is 9.54. The van der Waals surface area contributed by atoms with Crippen molar-refractivity contribution < 1.29 is 19.4 Å². The Labute approximate surface area is 204 Å². The van der Waals surface area contributed by atoms with Crippen LogP contribution in [0.3, 0.4) is 0 Å². The van der Waals surface area contributed by atoms with Crippen LogP contribution in [0.5, 0.6) is 0 Å². The van der Waals surface area contributed by atoms with Crippen molar-refractivity contribution in [2.45, 2.75) is 50.3 Å². The number of nitrogens with one attached hydrogen (secondary N) is 1. The number of aromatic nitrogens is 2. The molecular weight excluding hydrogens is 468 g/mol. The highest BCUT2D eigenvalue weighted by atomic mass is 32.1. The molecule has 1 fully saturated rings. The number of H-pyrrole nitrogens is 1. The van der Waals surface area contributed by atoms with Crippen molar-refractivity contribution in [1.29, 1.82) is 0 Å². The molecule has 1 saturated heterocycles. The van der Waals surface area contributed by atoms with Crippen LogP contribution >= 0.6 is 12.2 Å². The third-order valence-electron chi connectivity index (χ3n) is 6.34. The van der Waals surface area contributed by atoms with Gasteiger partial charge in [-0.05, 0) is 21.5 Å². The van der Waals surface area contributed by atoms with Gasteiger partial charge in [0.1, 0.15) is 23.0 Å². The molecule has 1 aromatic heterocycles. The van der Waals surface area contributed by atoms with Gasteiger partial charge in [0.05, 0.1) is 6.61 Å². The maximum absolute atomic E-state index is 12.3. The Bertz CT molecular complexity index is 1190. The normalized spacial score (nSPS) is 23.2. The fourth-order valence-corrected chi connectivity index (χ4v) is 9.41. The molecule has 1 aliphatic rings. The molecule has 4 atom stereocenters. The van der Waals surface area contributed by atoms with Gasteiger partial charge in [0.25, 0.3) is 8.32 Å². The van der Waals surface area contributed by atoms with Crippen molar-refractivity contribution in [2.24, 2.45) is 0 Å². The fourth-order valence-electron chi connectivity index (χ4n) is 4.69. The minimum Gasteiger partial charge on any atom is -0.405 e. The molecule has 4 rings (SSSR count). The lowest BCUT2D eigenvalue weighted by Gasteiger charge is -2.43. The van der Waals surface area contributed by atoms with Crippen molar-refractivity contribution in [3.8, 4) is 0 Å². The van der Waals surface area contributed by atoms with E-state index in [1.54, 1.807) is 0 Å². The maximum atomic E-state index is 12.3. The van der Waals surface area contributed by atoms with Gasteiger partial charge in [-0.3, -0.25) is 9.55 Å². The Morgan fingerprint density at radius 2 is 1.56 bits per heavy atom. The van der Waals surface area contributed by atoms with Crippen molar-refractivity contribution in [3.63, 3.8) is 0 Å². The molecule has 0 amide bonds. The van der Waals surface area contributed by atoms with E-state index in [2.05, 4.69) is 50.0 Å². The van der Waals surface area contributed by atoms with E-state index in [0.29, 0.717) is 0 Å². The third kappa shape index (κ3) is 4.47. The highest BCUT2D eigenvalue weighted by Gasteiger charge is 2.52. The van der Waals surface area contributed by atoms with Crippen LogP contribution in [0.4, 0.5) is 0 Å². The molecule has 1 aliphatic heterocycles. The van der Waals surface area contributed by atoms with E-state index in [4.69, 9.17) is 21.4 Å². The lowest BCUT2D eigenvalue weighted by Crippen LogP contribution is -2.67. The minimum absolute atomic E-state index is 0.0552. The highest BCUT2D eigenvalue weighted by molar-refractivity contribution is 7.71. The summed E-state index contributed by atoms with van der Waals surface area (Å²) in [5.41, 5.74) is -0.516. The van der Waals surface area contributed by atoms with Crippen molar-refractivity contribution >= 4 is 30.9 Å². The van der Waals surface area contributed by atoms with Crippen LogP contribution in [0, 0.1) is 4.64 Å². The lowest BCUT2D eigenvalue weighted by molar-refractivity contribution is -0.0527. The second kappa shape index (κ2) is 9.69. The van der Waals surface area contributed by atoms with Gasteiger partial charge in [0.15, 0.2) is 6.23 Å². The summed E-state index contributed by atoms with van der Waals surface area (Å²) in [6, 6.07) is 21.8. The number of aliphatic hydroxyl groups is 2. The van der Waals surface area contributed by atoms with Crippen molar-refractivity contribution in [2.75, 3.05) is 6.61 Å². The Balaban J connectivity index is 1.68. The van der Waals surface area contributed by atoms with Gasteiger partial charge < -0.3 is 19.4 Å². The average Bonchev–Trinajstić information content (AvgIpc) is 3.08. The van der Waals surface area contributed by atoms with E-state index in [-0.39, 0.29) is 16.3 Å². The van der Waals surface area contributed by atoms with Gasteiger partial charge in [0, 0.05) is 6.20 Å². The van der Waals surface area contributed by atoms with Crippen LogP contribution in [0.25, 0.3) is 0 Å². The molecule has 3 aromatic rings. The molecule has 2 unspecified atom stereocenters. The lowest BCUT2D eigenvalue weighted by atomic mass is 10.1. The van der Waals surface area contributed by atoms with E-state index < -0.39 is 38.5 Å². The number of ether oxygens (including phenoxy) is 1. The van der Waals surface area contributed by atoms with E-state index in [1.807, 2.05) is 36.4 Å². The van der Waals surface area contributed by atoms with Crippen LogP contribution in [0.15, 0.2) is 77.7 Å². The van der Waals surface area contributed by atoms with Gasteiger partial charge >= 0.3 is 5.69 Å². The Hall–Kier alpha value is -2.40. The number of nitrogens with zero attached hydrogens (tertiary/aromatic N) is 1. The monoisotopic (exact) mass is 498 g/mol. The molecule has 0 radical (unpaired) electrons. The number of hydrogen-bond donors (Lipinski definition) is 3. The minimum atomic E-state index is -2.85. The number of aliphatic hydroxyl groups excluding tert-OH is 2. The maximum Gasteiger partial charge on any atom is 0.328 e. The zero-order valence-corrected chi connectivity index (χ0v) is 21.2. The van der Waals surface area contributed by atoms with Crippen molar-refractivity contribution in [3.05, 3.63) is 88.1 Å². The molecular formula is C25H30N2O5SSi. The van der Waals surface area contributed by atoms with E-state index in [9.17, 15) is 15.0 Å². The topological polar surface area (TPSA) is 96.7 Å². The van der Waals surface area contributed by atoms with Gasteiger partial charge in [-0.1, -0.05) is 93.7 Å². The number of aromatic amines is 1.